The second-order valence-electron chi connectivity index (χ2n) is 17.8. The number of nitrogens with zero attached hydrogens (tertiary/aromatic N) is 2. The molecule has 0 amide bonds. The summed E-state index contributed by atoms with van der Waals surface area (Å²) >= 11 is 0. The summed E-state index contributed by atoms with van der Waals surface area (Å²) in [5, 5.41) is 5.09. The van der Waals surface area contributed by atoms with Crippen LogP contribution in [0.2, 0.25) is 0 Å². The third-order valence-corrected chi connectivity index (χ3v) is 14.0. The van der Waals surface area contributed by atoms with Crippen molar-refractivity contribution in [2.24, 2.45) is 0 Å². The molecule has 3 aliphatic rings. The molecule has 0 aromatic heterocycles. The monoisotopic (exact) mass is 778 g/mol. The summed E-state index contributed by atoms with van der Waals surface area (Å²) in [6.45, 7) is 0. The number of anilines is 6. The molecular weight excluding hydrogens is 725 g/mol. The Labute approximate surface area is 356 Å². The van der Waals surface area contributed by atoms with Crippen molar-refractivity contribution in [2.75, 3.05) is 9.80 Å². The van der Waals surface area contributed by atoms with Crippen LogP contribution in [0.5, 0.6) is 0 Å². The predicted octanol–water partition coefficient (Wildman–Crippen LogP) is 17.5. The number of hydrogen-bond donors (Lipinski definition) is 0. The Morgan fingerprint density at radius 1 is 0.267 bits per heavy atom. The van der Waals surface area contributed by atoms with Gasteiger partial charge >= 0.3 is 0 Å². The van der Waals surface area contributed by atoms with Crippen LogP contribution in [0.3, 0.4) is 0 Å². The first-order chi connectivity index (χ1) is 29.7. The zero-order chi connectivity index (χ0) is 39.8. The number of rotatable bonds is 8. The highest BCUT2D eigenvalue weighted by Gasteiger charge is 2.25. The summed E-state index contributed by atoms with van der Waals surface area (Å²) in [6.07, 6.45) is 16.2. The highest BCUT2D eigenvalue weighted by molar-refractivity contribution is 6.12. The lowest BCUT2D eigenvalue weighted by Gasteiger charge is -2.29. The van der Waals surface area contributed by atoms with E-state index in [0.717, 1.165) is 0 Å². The van der Waals surface area contributed by atoms with Gasteiger partial charge in [-0.05, 0) is 190 Å². The Bertz CT molecular complexity index is 2560. The van der Waals surface area contributed by atoms with Crippen LogP contribution in [0.25, 0.3) is 43.8 Å². The van der Waals surface area contributed by atoms with E-state index in [-0.39, 0.29) is 0 Å². The van der Waals surface area contributed by atoms with Crippen molar-refractivity contribution in [3.63, 3.8) is 0 Å². The summed E-state index contributed by atoms with van der Waals surface area (Å²) in [6, 6.07) is 64.3. The maximum absolute atomic E-state index is 2.43. The molecule has 2 fully saturated rings. The molecule has 0 spiro atoms. The normalized spacial score (nSPS) is 15.7. The van der Waals surface area contributed by atoms with Gasteiger partial charge in [-0.3, -0.25) is 0 Å². The van der Waals surface area contributed by atoms with Crippen molar-refractivity contribution in [2.45, 2.75) is 88.9 Å². The zero-order valence-electron chi connectivity index (χ0n) is 34.7. The Morgan fingerprint density at radius 3 is 0.950 bits per heavy atom. The molecule has 0 bridgehead atoms. The molecule has 8 aromatic rings. The first-order valence-electron chi connectivity index (χ1n) is 22.8. The molecule has 2 heteroatoms. The average molecular weight is 779 g/mol. The maximum atomic E-state index is 2.43. The van der Waals surface area contributed by atoms with Crippen LogP contribution in [0.4, 0.5) is 34.1 Å². The highest BCUT2D eigenvalue weighted by atomic mass is 15.1. The van der Waals surface area contributed by atoms with Crippen molar-refractivity contribution in [3.05, 3.63) is 181 Å². The molecule has 2 nitrogen and oxygen atoms in total. The quantitative estimate of drug-likeness (QED) is 0.142. The van der Waals surface area contributed by atoms with Crippen LogP contribution in [0.1, 0.15) is 100 Å². The molecular formula is C58H54N2. The average Bonchev–Trinajstić information content (AvgIpc) is 3.76. The SMILES string of the molecule is c1ccc(N(c2ccc(C3CCCCCC3)cc2)c2ccc3cc4c(cc3c2)-c2cc3cc(N(c5ccccc5)c5ccc(C6CCCCCC6)cc5)ccc3cc2-4)cc1. The van der Waals surface area contributed by atoms with Crippen molar-refractivity contribution in [3.8, 4) is 22.3 Å². The van der Waals surface area contributed by atoms with Gasteiger partial charge in [0, 0.05) is 34.1 Å². The molecule has 0 atom stereocenters. The van der Waals surface area contributed by atoms with Gasteiger partial charge in [0.25, 0.3) is 0 Å². The summed E-state index contributed by atoms with van der Waals surface area (Å²) < 4.78 is 0. The van der Waals surface area contributed by atoms with E-state index >= 15 is 0 Å². The van der Waals surface area contributed by atoms with Gasteiger partial charge in [0.15, 0.2) is 0 Å². The number of hydrogen-bond acceptors (Lipinski definition) is 2. The van der Waals surface area contributed by atoms with E-state index in [4.69, 9.17) is 0 Å². The third-order valence-electron chi connectivity index (χ3n) is 14.0. The minimum atomic E-state index is 0.688. The standard InChI is InChI=1S/C58H54N2/c1-2-8-16-41(15-7-1)43-23-29-51(30-24-43)59(49-19-11-5-12-20-49)53-33-27-45-37-55-56-38-46-28-34-54(36-48(46)40-58(56)57(55)39-47(45)35-53)60(50-21-13-6-14-22-50)52-31-25-44(26-32-52)42-17-9-3-4-10-18-42/h5-6,11-14,19-42H,1-4,7-10,15-18H2. The van der Waals surface area contributed by atoms with Crippen LogP contribution in [0.15, 0.2) is 170 Å². The Kier molecular flexibility index (Phi) is 9.94. The van der Waals surface area contributed by atoms with Gasteiger partial charge in [-0.2, -0.15) is 0 Å². The lowest BCUT2D eigenvalue weighted by molar-refractivity contribution is 0.592. The molecule has 0 aliphatic heterocycles. The first kappa shape index (κ1) is 36.9. The van der Waals surface area contributed by atoms with Crippen molar-refractivity contribution in [1.82, 2.24) is 0 Å². The van der Waals surface area contributed by atoms with Gasteiger partial charge < -0.3 is 9.80 Å². The van der Waals surface area contributed by atoms with Gasteiger partial charge in [-0.1, -0.05) is 124 Å². The van der Waals surface area contributed by atoms with Gasteiger partial charge in [-0.15, -0.1) is 0 Å². The van der Waals surface area contributed by atoms with Gasteiger partial charge in [-0.25, -0.2) is 0 Å². The molecule has 11 rings (SSSR count). The van der Waals surface area contributed by atoms with Crippen molar-refractivity contribution in [1.29, 1.82) is 0 Å². The molecule has 0 unspecified atom stereocenters. The van der Waals surface area contributed by atoms with Gasteiger partial charge in [0.1, 0.15) is 0 Å². The number of benzene rings is 8. The van der Waals surface area contributed by atoms with E-state index in [1.54, 1.807) is 0 Å². The minimum absolute atomic E-state index is 0.688. The largest absolute Gasteiger partial charge is 0.310 e. The second-order valence-corrected chi connectivity index (χ2v) is 17.8. The lowest BCUT2D eigenvalue weighted by Crippen LogP contribution is -2.10. The lowest BCUT2D eigenvalue weighted by atomic mass is 9.78. The molecule has 0 N–H and O–H groups in total. The number of fused-ring (bicyclic) bond motifs is 6. The first-order valence-corrected chi connectivity index (χ1v) is 22.8. The Hall–Kier alpha value is -6.12. The molecule has 0 heterocycles. The van der Waals surface area contributed by atoms with Crippen LogP contribution in [-0.2, 0) is 0 Å². The fraction of sp³-hybridized carbons (Fsp3) is 0.241. The number of para-hydroxylation sites is 2. The predicted molar refractivity (Wildman–Crippen MR) is 256 cm³/mol. The highest BCUT2D eigenvalue weighted by Crippen LogP contribution is 2.51. The smallest absolute Gasteiger partial charge is 0.0468 e. The molecule has 3 aliphatic carbocycles. The molecule has 60 heavy (non-hydrogen) atoms. The third kappa shape index (κ3) is 7.06. The zero-order valence-corrected chi connectivity index (χ0v) is 34.7. The van der Waals surface area contributed by atoms with E-state index in [2.05, 4.69) is 180 Å². The fourth-order valence-electron chi connectivity index (χ4n) is 10.7. The molecule has 0 saturated heterocycles. The fourth-order valence-corrected chi connectivity index (χ4v) is 10.7. The molecule has 2 saturated carbocycles. The van der Waals surface area contributed by atoms with Crippen LogP contribution in [-0.4, -0.2) is 0 Å². The summed E-state index contributed by atoms with van der Waals surface area (Å²) in [4.78, 5) is 4.84. The summed E-state index contributed by atoms with van der Waals surface area (Å²) in [7, 11) is 0. The van der Waals surface area contributed by atoms with Crippen LogP contribution >= 0.6 is 0 Å². The maximum Gasteiger partial charge on any atom is 0.0468 e. The van der Waals surface area contributed by atoms with E-state index in [1.165, 1.54) is 166 Å². The minimum Gasteiger partial charge on any atom is -0.310 e. The summed E-state index contributed by atoms with van der Waals surface area (Å²) in [5.74, 6) is 1.38. The van der Waals surface area contributed by atoms with Gasteiger partial charge in [0.05, 0.1) is 0 Å². The Morgan fingerprint density at radius 2 is 0.583 bits per heavy atom. The van der Waals surface area contributed by atoms with Crippen molar-refractivity contribution < 1.29 is 0 Å². The summed E-state index contributed by atoms with van der Waals surface area (Å²) in [5.41, 5.74) is 15.5. The van der Waals surface area contributed by atoms with E-state index in [1.807, 2.05) is 0 Å². The molecule has 0 radical (unpaired) electrons. The molecule has 8 aromatic carbocycles. The Balaban J connectivity index is 0.926. The van der Waals surface area contributed by atoms with E-state index in [0.29, 0.717) is 11.8 Å². The van der Waals surface area contributed by atoms with Crippen LogP contribution < -0.4 is 9.80 Å². The molecule has 296 valence electrons. The topological polar surface area (TPSA) is 6.48 Å². The van der Waals surface area contributed by atoms with E-state index < -0.39 is 0 Å². The second kappa shape index (κ2) is 16.1. The van der Waals surface area contributed by atoms with Crippen molar-refractivity contribution >= 4 is 55.7 Å². The van der Waals surface area contributed by atoms with Crippen LogP contribution in [0, 0.1) is 0 Å². The van der Waals surface area contributed by atoms with E-state index in [9.17, 15) is 0 Å². The van der Waals surface area contributed by atoms with Gasteiger partial charge in [0.2, 0.25) is 0 Å².